The fraction of sp³-hybridized carbons (Fsp3) is 1.00. The summed E-state index contributed by atoms with van der Waals surface area (Å²) in [6.07, 6.45) is 4.38. The molecule has 0 aromatic rings. The average molecular weight is 111 g/mol. The Morgan fingerprint density at radius 1 is 1.38 bits per heavy atom. The highest BCUT2D eigenvalue weighted by atomic mass is 15.0. The maximum atomic E-state index is 3.55. The second kappa shape index (κ2) is 1.47. The molecule has 1 heteroatoms. The molecule has 0 radical (unpaired) electrons. The van der Waals surface area contributed by atoms with Gasteiger partial charge in [-0.1, -0.05) is 0 Å². The predicted octanol–water partition coefficient (Wildman–Crippen LogP) is 1.15. The summed E-state index contributed by atoms with van der Waals surface area (Å²) in [6.45, 7) is 2.31. The van der Waals surface area contributed by atoms with E-state index in [-0.39, 0.29) is 0 Å². The standard InChI is InChI=1S/C7H13N/c1-5-6-2-3-7(4-6)8-5/h5-8H,2-4H2,1H3/t5-,6?,7?/m1/s1. The van der Waals surface area contributed by atoms with E-state index in [2.05, 4.69) is 12.2 Å². The van der Waals surface area contributed by atoms with Crippen molar-refractivity contribution in [3.63, 3.8) is 0 Å². The zero-order valence-corrected chi connectivity index (χ0v) is 5.35. The van der Waals surface area contributed by atoms with Gasteiger partial charge in [-0.2, -0.15) is 0 Å². The van der Waals surface area contributed by atoms with Crippen LogP contribution in [0.4, 0.5) is 0 Å². The van der Waals surface area contributed by atoms with Crippen LogP contribution in [0.3, 0.4) is 0 Å². The lowest BCUT2D eigenvalue weighted by Gasteiger charge is -2.17. The summed E-state index contributed by atoms with van der Waals surface area (Å²) in [7, 11) is 0. The molecule has 1 aliphatic carbocycles. The van der Waals surface area contributed by atoms with E-state index >= 15 is 0 Å². The minimum absolute atomic E-state index is 0.828. The maximum Gasteiger partial charge on any atom is 0.00729 e. The van der Waals surface area contributed by atoms with Crippen molar-refractivity contribution >= 4 is 0 Å². The molecule has 3 atom stereocenters. The third-order valence-corrected chi connectivity index (χ3v) is 2.68. The van der Waals surface area contributed by atoms with Gasteiger partial charge in [0.1, 0.15) is 0 Å². The topological polar surface area (TPSA) is 12.0 Å². The Labute approximate surface area is 50.5 Å². The number of rotatable bonds is 0. The van der Waals surface area contributed by atoms with Crippen LogP contribution < -0.4 is 5.32 Å². The fourth-order valence-corrected chi connectivity index (χ4v) is 2.13. The molecule has 8 heavy (non-hydrogen) atoms. The first-order valence-electron chi connectivity index (χ1n) is 3.62. The zero-order chi connectivity index (χ0) is 5.56. The van der Waals surface area contributed by atoms with Crippen molar-refractivity contribution in [1.29, 1.82) is 0 Å². The van der Waals surface area contributed by atoms with Gasteiger partial charge in [0.25, 0.3) is 0 Å². The van der Waals surface area contributed by atoms with E-state index in [0.29, 0.717) is 0 Å². The Bertz CT molecular complexity index is 98.6. The first kappa shape index (κ1) is 4.80. The molecule has 1 N–H and O–H groups in total. The number of hydrogen-bond donors (Lipinski definition) is 1. The first-order valence-corrected chi connectivity index (χ1v) is 3.62. The molecule has 2 unspecified atom stereocenters. The lowest BCUT2D eigenvalue weighted by molar-refractivity contribution is 0.405. The lowest BCUT2D eigenvalue weighted by Crippen LogP contribution is -2.32. The van der Waals surface area contributed by atoms with Crippen molar-refractivity contribution in [3.05, 3.63) is 0 Å². The Kier molecular flexibility index (Phi) is 0.884. The minimum atomic E-state index is 0.828. The molecule has 0 aromatic heterocycles. The van der Waals surface area contributed by atoms with E-state index in [4.69, 9.17) is 0 Å². The van der Waals surface area contributed by atoms with Crippen molar-refractivity contribution < 1.29 is 0 Å². The molecule has 1 saturated carbocycles. The van der Waals surface area contributed by atoms with Gasteiger partial charge in [0.05, 0.1) is 0 Å². The molecule has 1 saturated heterocycles. The van der Waals surface area contributed by atoms with Gasteiger partial charge in [-0.25, -0.2) is 0 Å². The van der Waals surface area contributed by atoms with Crippen LogP contribution in [0.5, 0.6) is 0 Å². The normalized spacial score (nSPS) is 52.9. The fourth-order valence-electron chi connectivity index (χ4n) is 2.13. The molecule has 1 nitrogen and oxygen atoms in total. The summed E-state index contributed by atoms with van der Waals surface area (Å²) in [5.41, 5.74) is 0. The van der Waals surface area contributed by atoms with E-state index in [0.717, 1.165) is 18.0 Å². The van der Waals surface area contributed by atoms with Gasteiger partial charge in [0.2, 0.25) is 0 Å². The predicted molar refractivity (Wildman–Crippen MR) is 33.7 cm³/mol. The van der Waals surface area contributed by atoms with E-state index in [1.165, 1.54) is 19.3 Å². The second-order valence-corrected chi connectivity index (χ2v) is 3.23. The van der Waals surface area contributed by atoms with Gasteiger partial charge < -0.3 is 5.32 Å². The molecule has 2 bridgehead atoms. The number of hydrogen-bond acceptors (Lipinski definition) is 1. The highest BCUT2D eigenvalue weighted by Gasteiger charge is 2.35. The smallest absolute Gasteiger partial charge is 0.00729 e. The van der Waals surface area contributed by atoms with Crippen LogP contribution in [-0.2, 0) is 0 Å². The van der Waals surface area contributed by atoms with E-state index < -0.39 is 0 Å². The Morgan fingerprint density at radius 3 is 2.50 bits per heavy atom. The molecule has 1 heterocycles. The van der Waals surface area contributed by atoms with Crippen LogP contribution in [-0.4, -0.2) is 12.1 Å². The molecule has 1 aliphatic heterocycles. The summed E-state index contributed by atoms with van der Waals surface area (Å²) in [5.74, 6) is 1.03. The van der Waals surface area contributed by atoms with Gasteiger partial charge in [-0.3, -0.25) is 0 Å². The zero-order valence-electron chi connectivity index (χ0n) is 5.35. The second-order valence-electron chi connectivity index (χ2n) is 3.23. The lowest BCUT2D eigenvalue weighted by atomic mass is 10.0. The Balaban J connectivity index is 2.11. The van der Waals surface area contributed by atoms with Gasteiger partial charge in [0, 0.05) is 12.1 Å². The van der Waals surface area contributed by atoms with Crippen molar-refractivity contribution in [3.8, 4) is 0 Å². The summed E-state index contributed by atoms with van der Waals surface area (Å²) in [4.78, 5) is 0. The highest BCUT2D eigenvalue weighted by molar-refractivity contribution is 4.94. The van der Waals surface area contributed by atoms with Crippen LogP contribution in [0.15, 0.2) is 0 Å². The van der Waals surface area contributed by atoms with Crippen molar-refractivity contribution in [2.24, 2.45) is 5.92 Å². The third-order valence-electron chi connectivity index (χ3n) is 2.68. The maximum absolute atomic E-state index is 3.55. The summed E-state index contributed by atoms with van der Waals surface area (Å²) in [6, 6.07) is 1.73. The van der Waals surface area contributed by atoms with Crippen molar-refractivity contribution in [1.82, 2.24) is 5.32 Å². The Morgan fingerprint density at radius 2 is 2.25 bits per heavy atom. The third kappa shape index (κ3) is 0.510. The highest BCUT2D eigenvalue weighted by Crippen LogP contribution is 2.34. The number of piperidine rings is 1. The van der Waals surface area contributed by atoms with Crippen LogP contribution >= 0.6 is 0 Å². The molecular formula is C7H13N. The van der Waals surface area contributed by atoms with E-state index in [1.54, 1.807) is 0 Å². The van der Waals surface area contributed by atoms with Crippen LogP contribution in [0, 0.1) is 5.92 Å². The van der Waals surface area contributed by atoms with E-state index in [9.17, 15) is 0 Å². The SMILES string of the molecule is C[C@H]1NC2CCC1C2. The van der Waals surface area contributed by atoms with Gasteiger partial charge in [0.15, 0.2) is 0 Å². The average Bonchev–Trinajstić information content (AvgIpc) is 2.23. The summed E-state index contributed by atoms with van der Waals surface area (Å²) in [5, 5.41) is 3.55. The molecular weight excluding hydrogens is 98.1 g/mol. The van der Waals surface area contributed by atoms with Crippen LogP contribution in [0.25, 0.3) is 0 Å². The van der Waals surface area contributed by atoms with Gasteiger partial charge in [-0.15, -0.1) is 0 Å². The molecule has 0 spiro atoms. The molecule has 2 fully saturated rings. The van der Waals surface area contributed by atoms with Crippen LogP contribution in [0.2, 0.25) is 0 Å². The van der Waals surface area contributed by atoms with Crippen molar-refractivity contribution in [2.45, 2.75) is 38.3 Å². The monoisotopic (exact) mass is 111 g/mol. The molecule has 2 rings (SSSR count). The quantitative estimate of drug-likeness (QED) is 0.494. The molecule has 0 aromatic carbocycles. The van der Waals surface area contributed by atoms with Gasteiger partial charge >= 0.3 is 0 Å². The number of fused-ring (bicyclic) bond motifs is 2. The van der Waals surface area contributed by atoms with E-state index in [1.807, 2.05) is 0 Å². The summed E-state index contributed by atoms with van der Waals surface area (Å²) >= 11 is 0. The van der Waals surface area contributed by atoms with Crippen LogP contribution in [0.1, 0.15) is 26.2 Å². The Hall–Kier alpha value is -0.0400. The van der Waals surface area contributed by atoms with Gasteiger partial charge in [-0.05, 0) is 32.1 Å². The largest absolute Gasteiger partial charge is 0.311 e. The van der Waals surface area contributed by atoms with Crippen molar-refractivity contribution in [2.75, 3.05) is 0 Å². The first-order chi connectivity index (χ1) is 3.86. The summed E-state index contributed by atoms with van der Waals surface area (Å²) < 4.78 is 0. The number of nitrogens with one attached hydrogen (secondary N) is 1. The molecule has 0 amide bonds. The molecule has 46 valence electrons. The molecule has 2 aliphatic rings. The minimum Gasteiger partial charge on any atom is -0.311 e.